The second-order valence-corrected chi connectivity index (χ2v) is 6.90. The lowest BCUT2D eigenvalue weighted by atomic mass is 9.98. The Kier molecular flexibility index (Phi) is 5.10. The van der Waals surface area contributed by atoms with E-state index >= 15 is 0 Å². The third-order valence-electron chi connectivity index (χ3n) is 4.64. The summed E-state index contributed by atoms with van der Waals surface area (Å²) >= 11 is 6.03. The van der Waals surface area contributed by atoms with Crippen molar-refractivity contribution < 1.29 is 4.79 Å². The average molecular weight is 343 g/mol. The zero-order valence-corrected chi connectivity index (χ0v) is 14.7. The van der Waals surface area contributed by atoms with Crippen LogP contribution in [0.1, 0.15) is 48.1 Å². The summed E-state index contributed by atoms with van der Waals surface area (Å²) in [6, 6.07) is 15.1. The zero-order valence-electron chi connectivity index (χ0n) is 13.9. The second-order valence-electron chi connectivity index (χ2n) is 6.46. The maximum atomic E-state index is 13.0. The second kappa shape index (κ2) is 7.27. The van der Waals surface area contributed by atoms with E-state index in [-0.39, 0.29) is 11.9 Å². The fourth-order valence-electron chi connectivity index (χ4n) is 3.09. The SMILES string of the molecule is CCN(C(=O)c1ccc(N)cc1)[C@H](CC1CC1)c1ccc(Cl)cc1. The van der Waals surface area contributed by atoms with Crippen LogP contribution in [0.4, 0.5) is 5.69 Å². The monoisotopic (exact) mass is 342 g/mol. The minimum atomic E-state index is 0.0538. The van der Waals surface area contributed by atoms with Gasteiger partial charge in [0, 0.05) is 22.8 Å². The molecule has 2 aromatic rings. The number of nitrogen functional groups attached to an aromatic ring is 1. The number of nitrogens with zero attached hydrogens (tertiary/aromatic N) is 1. The number of amides is 1. The number of rotatable bonds is 6. The number of halogens is 1. The highest BCUT2D eigenvalue weighted by Crippen LogP contribution is 2.40. The molecule has 24 heavy (non-hydrogen) atoms. The van der Waals surface area contributed by atoms with Gasteiger partial charge in [0.2, 0.25) is 0 Å². The topological polar surface area (TPSA) is 46.3 Å². The Bertz CT molecular complexity index is 693. The molecule has 0 saturated heterocycles. The molecule has 0 spiro atoms. The van der Waals surface area contributed by atoms with Crippen molar-refractivity contribution in [1.82, 2.24) is 4.90 Å². The standard InChI is InChI=1S/C20H23ClN2O/c1-2-23(20(24)16-7-11-18(22)12-8-16)19(13-14-3-4-14)15-5-9-17(21)10-6-15/h5-12,14,19H,2-4,13,22H2,1H3/t19-/m1/s1. The lowest BCUT2D eigenvalue weighted by Crippen LogP contribution is -2.35. The number of anilines is 1. The van der Waals surface area contributed by atoms with E-state index in [1.165, 1.54) is 12.8 Å². The van der Waals surface area contributed by atoms with Crippen molar-refractivity contribution in [2.75, 3.05) is 12.3 Å². The van der Waals surface area contributed by atoms with Crippen LogP contribution in [0.25, 0.3) is 0 Å². The van der Waals surface area contributed by atoms with Gasteiger partial charge in [0.05, 0.1) is 6.04 Å². The van der Waals surface area contributed by atoms with E-state index < -0.39 is 0 Å². The Morgan fingerprint density at radius 3 is 2.33 bits per heavy atom. The van der Waals surface area contributed by atoms with Crippen LogP contribution >= 0.6 is 11.6 Å². The molecule has 1 aliphatic rings. The third kappa shape index (κ3) is 3.90. The Balaban J connectivity index is 1.89. The molecule has 3 nitrogen and oxygen atoms in total. The summed E-state index contributed by atoms with van der Waals surface area (Å²) in [5.41, 5.74) is 8.24. The molecule has 4 heteroatoms. The van der Waals surface area contributed by atoms with Crippen LogP contribution in [0.2, 0.25) is 5.02 Å². The first-order valence-corrected chi connectivity index (χ1v) is 8.88. The Hall–Kier alpha value is -2.00. The van der Waals surface area contributed by atoms with Gasteiger partial charge >= 0.3 is 0 Å². The molecule has 0 radical (unpaired) electrons. The molecule has 1 saturated carbocycles. The Morgan fingerprint density at radius 1 is 1.17 bits per heavy atom. The molecule has 0 bridgehead atoms. The number of carbonyl (C=O) groups is 1. The van der Waals surface area contributed by atoms with Gasteiger partial charge in [-0.05, 0) is 61.2 Å². The van der Waals surface area contributed by atoms with Gasteiger partial charge in [-0.1, -0.05) is 36.6 Å². The van der Waals surface area contributed by atoms with Crippen LogP contribution in [0.15, 0.2) is 48.5 Å². The average Bonchev–Trinajstić information content (AvgIpc) is 3.40. The summed E-state index contributed by atoms with van der Waals surface area (Å²) in [6.45, 7) is 2.70. The van der Waals surface area contributed by atoms with E-state index in [9.17, 15) is 4.79 Å². The fourth-order valence-corrected chi connectivity index (χ4v) is 3.22. The van der Waals surface area contributed by atoms with Crippen LogP contribution in [0.5, 0.6) is 0 Å². The molecule has 3 rings (SSSR count). The van der Waals surface area contributed by atoms with Crippen molar-refractivity contribution in [2.45, 2.75) is 32.2 Å². The molecule has 1 amide bonds. The van der Waals surface area contributed by atoms with Crippen molar-refractivity contribution in [2.24, 2.45) is 5.92 Å². The molecule has 1 fully saturated rings. The van der Waals surface area contributed by atoms with Gasteiger partial charge in [-0.25, -0.2) is 0 Å². The number of hydrogen-bond acceptors (Lipinski definition) is 2. The molecular weight excluding hydrogens is 320 g/mol. The highest BCUT2D eigenvalue weighted by molar-refractivity contribution is 6.30. The summed E-state index contributed by atoms with van der Waals surface area (Å²) in [5, 5.41) is 0.719. The van der Waals surface area contributed by atoms with Gasteiger partial charge in [-0.15, -0.1) is 0 Å². The maximum Gasteiger partial charge on any atom is 0.254 e. The quantitative estimate of drug-likeness (QED) is 0.757. The van der Waals surface area contributed by atoms with Crippen molar-refractivity contribution in [1.29, 1.82) is 0 Å². The van der Waals surface area contributed by atoms with Crippen molar-refractivity contribution in [3.05, 3.63) is 64.7 Å². The predicted octanol–water partition coefficient (Wildman–Crippen LogP) is 4.93. The highest BCUT2D eigenvalue weighted by Gasteiger charge is 2.31. The van der Waals surface area contributed by atoms with Crippen LogP contribution < -0.4 is 5.73 Å². The van der Waals surface area contributed by atoms with E-state index in [0.29, 0.717) is 17.8 Å². The van der Waals surface area contributed by atoms with E-state index in [0.717, 1.165) is 22.9 Å². The summed E-state index contributed by atoms with van der Waals surface area (Å²) in [7, 11) is 0. The van der Waals surface area contributed by atoms with Gasteiger partial charge in [-0.3, -0.25) is 4.79 Å². The van der Waals surface area contributed by atoms with Crippen LogP contribution in [0.3, 0.4) is 0 Å². The normalized spacial score (nSPS) is 15.1. The predicted molar refractivity (Wildman–Crippen MR) is 99.1 cm³/mol. The highest BCUT2D eigenvalue weighted by atomic mass is 35.5. The van der Waals surface area contributed by atoms with Gasteiger partial charge in [-0.2, -0.15) is 0 Å². The first-order valence-electron chi connectivity index (χ1n) is 8.50. The largest absolute Gasteiger partial charge is 0.399 e. The summed E-state index contributed by atoms with van der Waals surface area (Å²) in [4.78, 5) is 15.0. The van der Waals surface area contributed by atoms with E-state index in [1.54, 1.807) is 24.3 Å². The van der Waals surface area contributed by atoms with E-state index in [4.69, 9.17) is 17.3 Å². The summed E-state index contributed by atoms with van der Waals surface area (Å²) in [6.07, 6.45) is 3.53. The first kappa shape index (κ1) is 16.8. The van der Waals surface area contributed by atoms with Crippen molar-refractivity contribution in [3.63, 3.8) is 0 Å². The van der Waals surface area contributed by atoms with Crippen LogP contribution in [-0.2, 0) is 0 Å². The van der Waals surface area contributed by atoms with Gasteiger partial charge < -0.3 is 10.6 Å². The molecule has 1 aliphatic carbocycles. The molecule has 1 atom stereocenters. The Labute approximate surface area is 148 Å². The molecule has 0 heterocycles. The maximum absolute atomic E-state index is 13.0. The van der Waals surface area contributed by atoms with Gasteiger partial charge in [0.25, 0.3) is 5.91 Å². The number of nitrogens with two attached hydrogens (primary N) is 1. The lowest BCUT2D eigenvalue weighted by molar-refractivity contribution is 0.0673. The minimum absolute atomic E-state index is 0.0538. The number of benzene rings is 2. The molecule has 2 N–H and O–H groups in total. The zero-order chi connectivity index (χ0) is 17.1. The molecular formula is C20H23ClN2O. The number of carbonyl (C=O) groups excluding carboxylic acids is 1. The van der Waals surface area contributed by atoms with Gasteiger partial charge in [0.1, 0.15) is 0 Å². The molecule has 0 unspecified atom stereocenters. The lowest BCUT2D eigenvalue weighted by Gasteiger charge is -2.32. The van der Waals surface area contributed by atoms with Gasteiger partial charge in [0.15, 0.2) is 0 Å². The van der Waals surface area contributed by atoms with E-state index in [1.807, 2.05) is 36.1 Å². The smallest absolute Gasteiger partial charge is 0.254 e. The first-order chi connectivity index (χ1) is 11.6. The molecule has 126 valence electrons. The molecule has 0 aliphatic heterocycles. The third-order valence-corrected chi connectivity index (χ3v) is 4.90. The van der Waals surface area contributed by atoms with E-state index in [2.05, 4.69) is 0 Å². The van der Waals surface area contributed by atoms with Crippen molar-refractivity contribution in [3.8, 4) is 0 Å². The Morgan fingerprint density at radius 2 is 1.79 bits per heavy atom. The minimum Gasteiger partial charge on any atom is -0.399 e. The van der Waals surface area contributed by atoms with Crippen LogP contribution in [-0.4, -0.2) is 17.4 Å². The molecule has 0 aromatic heterocycles. The fraction of sp³-hybridized carbons (Fsp3) is 0.350. The summed E-state index contributed by atoms with van der Waals surface area (Å²) in [5.74, 6) is 0.775. The molecule has 2 aromatic carbocycles. The van der Waals surface area contributed by atoms with Crippen molar-refractivity contribution >= 4 is 23.2 Å². The number of hydrogen-bond donors (Lipinski definition) is 1. The summed E-state index contributed by atoms with van der Waals surface area (Å²) < 4.78 is 0. The van der Waals surface area contributed by atoms with Crippen LogP contribution in [0, 0.1) is 5.92 Å².